The van der Waals surface area contributed by atoms with E-state index in [2.05, 4.69) is 20.1 Å². The van der Waals surface area contributed by atoms with E-state index in [4.69, 9.17) is 9.47 Å². The molecule has 4 heteroatoms. The summed E-state index contributed by atoms with van der Waals surface area (Å²) in [5.74, 6) is -0.911. The molecule has 0 N–H and O–H groups in total. The summed E-state index contributed by atoms with van der Waals surface area (Å²) in [5, 5.41) is 0. The monoisotopic (exact) mass is 225 g/mol. The average molecular weight is 225 g/mol. The van der Waals surface area contributed by atoms with Gasteiger partial charge in [0.15, 0.2) is 0 Å². The van der Waals surface area contributed by atoms with E-state index < -0.39 is 11.9 Å². The van der Waals surface area contributed by atoms with Gasteiger partial charge in [-0.25, -0.2) is 9.59 Å². The molecule has 0 amide bonds. The quantitative estimate of drug-likeness (QED) is 0.359. The highest BCUT2D eigenvalue weighted by Crippen LogP contribution is 2.07. The fourth-order valence-electron chi connectivity index (χ4n) is 1.02. The molecular formula is C12H17O4. The minimum absolute atomic E-state index is 0.257. The van der Waals surface area contributed by atoms with Gasteiger partial charge in [-0.05, 0) is 26.2 Å². The Hall–Kier alpha value is -1.58. The maximum Gasteiger partial charge on any atom is 0.330 e. The molecule has 0 bridgehead atoms. The topological polar surface area (TPSA) is 52.6 Å². The van der Waals surface area contributed by atoms with Gasteiger partial charge in [-0.3, -0.25) is 0 Å². The predicted molar refractivity (Wildman–Crippen MR) is 60.4 cm³/mol. The van der Waals surface area contributed by atoms with Gasteiger partial charge in [0.25, 0.3) is 0 Å². The molecule has 0 rings (SSSR count). The van der Waals surface area contributed by atoms with Gasteiger partial charge in [0.1, 0.15) is 6.10 Å². The molecule has 0 aliphatic heterocycles. The third-order valence-corrected chi connectivity index (χ3v) is 1.85. The van der Waals surface area contributed by atoms with E-state index in [9.17, 15) is 9.59 Å². The van der Waals surface area contributed by atoms with Crippen molar-refractivity contribution in [2.75, 3.05) is 6.61 Å². The second kappa shape index (κ2) is 8.71. The Labute approximate surface area is 95.9 Å². The molecule has 1 atom stereocenters. The molecule has 0 saturated heterocycles. The lowest BCUT2D eigenvalue weighted by atomic mass is 10.1. The van der Waals surface area contributed by atoms with Crippen LogP contribution >= 0.6 is 0 Å². The minimum atomic E-state index is -0.461. The van der Waals surface area contributed by atoms with Crippen LogP contribution in [0.2, 0.25) is 0 Å². The molecule has 0 aromatic heterocycles. The predicted octanol–water partition coefficient (Wildman–Crippen LogP) is 1.82. The van der Waals surface area contributed by atoms with Crippen LogP contribution in [0.5, 0.6) is 0 Å². The van der Waals surface area contributed by atoms with Crippen LogP contribution in [0.3, 0.4) is 0 Å². The second-order valence-corrected chi connectivity index (χ2v) is 3.07. The third kappa shape index (κ3) is 6.81. The van der Waals surface area contributed by atoms with Crippen molar-refractivity contribution in [3.8, 4) is 0 Å². The molecule has 0 spiro atoms. The lowest BCUT2D eigenvalue weighted by Crippen LogP contribution is -2.17. The highest BCUT2D eigenvalue weighted by atomic mass is 16.5. The fourth-order valence-corrected chi connectivity index (χ4v) is 1.02. The average Bonchev–Trinajstić information content (AvgIpc) is 2.32. The van der Waals surface area contributed by atoms with Gasteiger partial charge < -0.3 is 9.47 Å². The van der Waals surface area contributed by atoms with E-state index >= 15 is 0 Å². The van der Waals surface area contributed by atoms with E-state index in [-0.39, 0.29) is 12.7 Å². The Bertz CT molecular complexity index is 258. The Balaban J connectivity index is 3.70. The van der Waals surface area contributed by atoms with Gasteiger partial charge >= 0.3 is 11.9 Å². The van der Waals surface area contributed by atoms with Gasteiger partial charge in [0.2, 0.25) is 0 Å². The van der Waals surface area contributed by atoms with Crippen LogP contribution in [0.15, 0.2) is 25.3 Å². The molecule has 89 valence electrons. The van der Waals surface area contributed by atoms with Crippen LogP contribution in [-0.4, -0.2) is 24.6 Å². The maximum absolute atomic E-state index is 10.9. The first-order valence-electron chi connectivity index (χ1n) is 5.05. The second-order valence-electron chi connectivity index (χ2n) is 3.07. The van der Waals surface area contributed by atoms with Gasteiger partial charge in [0.05, 0.1) is 6.61 Å². The van der Waals surface area contributed by atoms with Crippen molar-refractivity contribution >= 4 is 11.9 Å². The number of esters is 2. The molecule has 0 aliphatic carbocycles. The van der Waals surface area contributed by atoms with Gasteiger partial charge in [-0.15, -0.1) is 0 Å². The molecule has 4 nitrogen and oxygen atoms in total. The standard InChI is InChI=1S/C12H17O4/c1-4-10(16-12(14)6-3)8-7-9-15-11(13)5-2/h5-6,10H,1-4,7-9H2. The Morgan fingerprint density at radius 3 is 2.31 bits per heavy atom. The van der Waals surface area contributed by atoms with E-state index in [1.54, 1.807) is 0 Å². The van der Waals surface area contributed by atoms with Crippen LogP contribution in [0.4, 0.5) is 0 Å². The van der Waals surface area contributed by atoms with Crippen LogP contribution in [-0.2, 0) is 19.1 Å². The number of hydrogen-bond acceptors (Lipinski definition) is 4. The summed E-state index contributed by atoms with van der Waals surface area (Å²) in [5.41, 5.74) is 0. The van der Waals surface area contributed by atoms with Crippen LogP contribution in [0.1, 0.15) is 19.3 Å². The van der Waals surface area contributed by atoms with Crippen molar-refractivity contribution in [3.05, 3.63) is 32.2 Å². The molecule has 1 radical (unpaired) electrons. The normalized spacial score (nSPS) is 11.3. The fraction of sp³-hybridized carbons (Fsp3) is 0.417. The molecule has 1 unspecified atom stereocenters. The molecular weight excluding hydrogens is 208 g/mol. The third-order valence-electron chi connectivity index (χ3n) is 1.85. The van der Waals surface area contributed by atoms with Gasteiger partial charge in [-0.2, -0.15) is 0 Å². The van der Waals surface area contributed by atoms with Crippen molar-refractivity contribution in [2.45, 2.75) is 25.4 Å². The first-order chi connectivity index (χ1) is 7.63. The van der Waals surface area contributed by atoms with Crippen molar-refractivity contribution in [1.82, 2.24) is 0 Å². The number of rotatable bonds is 8. The Morgan fingerprint density at radius 2 is 1.81 bits per heavy atom. The van der Waals surface area contributed by atoms with Crippen molar-refractivity contribution in [2.24, 2.45) is 0 Å². The molecule has 0 saturated carbocycles. The molecule has 0 aromatic rings. The summed E-state index contributed by atoms with van der Waals surface area (Å²) in [4.78, 5) is 21.6. The number of carbonyl (C=O) groups excluding carboxylic acids is 2. The van der Waals surface area contributed by atoms with E-state index in [1.165, 1.54) is 0 Å². The largest absolute Gasteiger partial charge is 0.463 e. The minimum Gasteiger partial charge on any atom is -0.463 e. The first kappa shape index (κ1) is 14.4. The van der Waals surface area contributed by atoms with Gasteiger partial charge in [0, 0.05) is 12.2 Å². The summed E-state index contributed by atoms with van der Waals surface area (Å²) in [6, 6.07) is 0. The number of ether oxygens (including phenoxy) is 2. The highest BCUT2D eigenvalue weighted by Gasteiger charge is 2.10. The zero-order chi connectivity index (χ0) is 12.4. The molecule has 0 heterocycles. The smallest absolute Gasteiger partial charge is 0.330 e. The number of hydrogen-bond donors (Lipinski definition) is 0. The van der Waals surface area contributed by atoms with Crippen molar-refractivity contribution < 1.29 is 19.1 Å². The van der Waals surface area contributed by atoms with Crippen LogP contribution in [0.25, 0.3) is 0 Å². The molecule has 0 aliphatic rings. The molecule has 0 fully saturated rings. The molecule has 0 aromatic carbocycles. The zero-order valence-electron chi connectivity index (χ0n) is 9.31. The number of carbonyl (C=O) groups is 2. The van der Waals surface area contributed by atoms with E-state index in [1.807, 2.05) is 0 Å². The summed E-state index contributed by atoms with van der Waals surface area (Å²) in [7, 11) is 0. The first-order valence-corrected chi connectivity index (χ1v) is 5.05. The van der Waals surface area contributed by atoms with Crippen LogP contribution in [0, 0.1) is 6.92 Å². The lowest BCUT2D eigenvalue weighted by Gasteiger charge is -2.14. The Morgan fingerprint density at radius 1 is 1.19 bits per heavy atom. The summed E-state index contributed by atoms with van der Waals surface area (Å²) >= 11 is 0. The van der Waals surface area contributed by atoms with E-state index in [0.717, 1.165) is 12.2 Å². The maximum atomic E-state index is 10.9. The summed E-state index contributed by atoms with van der Waals surface area (Å²) < 4.78 is 9.78. The van der Waals surface area contributed by atoms with Crippen molar-refractivity contribution in [3.63, 3.8) is 0 Å². The summed E-state index contributed by atoms with van der Waals surface area (Å²) in [6.45, 7) is 10.5. The SMILES string of the molecule is [CH2]CC(CCCOC(=O)C=C)OC(=O)C=C. The van der Waals surface area contributed by atoms with Crippen molar-refractivity contribution in [1.29, 1.82) is 0 Å². The highest BCUT2D eigenvalue weighted by molar-refractivity contribution is 5.81. The molecule has 16 heavy (non-hydrogen) atoms. The Kier molecular flexibility index (Phi) is 7.85. The lowest BCUT2D eigenvalue weighted by molar-refractivity contribution is -0.144. The van der Waals surface area contributed by atoms with E-state index in [0.29, 0.717) is 19.3 Å². The zero-order valence-corrected chi connectivity index (χ0v) is 9.31. The van der Waals surface area contributed by atoms with Crippen LogP contribution < -0.4 is 0 Å². The summed E-state index contributed by atoms with van der Waals surface area (Å²) in [6.07, 6.45) is 3.66. The van der Waals surface area contributed by atoms with Gasteiger partial charge in [-0.1, -0.05) is 13.2 Å².